The van der Waals surface area contributed by atoms with Crippen molar-refractivity contribution in [3.63, 3.8) is 0 Å². The second-order valence-corrected chi connectivity index (χ2v) is 4.38. The van der Waals surface area contributed by atoms with E-state index in [0.717, 1.165) is 11.3 Å². The van der Waals surface area contributed by atoms with Crippen LogP contribution in [0.15, 0.2) is 48.7 Å². The second-order valence-electron chi connectivity index (χ2n) is 4.38. The van der Waals surface area contributed by atoms with Crippen LogP contribution in [0, 0.1) is 0 Å². The van der Waals surface area contributed by atoms with Crippen molar-refractivity contribution in [1.29, 1.82) is 0 Å². The molecule has 1 aromatic heterocycles. The fraction of sp³-hybridized carbons (Fsp3) is 0.200. The topological polar surface area (TPSA) is 77.2 Å². The van der Waals surface area contributed by atoms with Gasteiger partial charge >= 0.3 is 0 Å². The van der Waals surface area contributed by atoms with Crippen LogP contribution >= 0.6 is 0 Å². The highest BCUT2D eigenvalue weighted by molar-refractivity contribution is 5.83. The molecule has 2 aromatic rings. The van der Waals surface area contributed by atoms with Crippen LogP contribution in [0.1, 0.15) is 5.56 Å². The number of aromatic nitrogens is 1. The Bertz CT molecular complexity index is 555. The number of nitrogens with two attached hydrogens (primary N) is 1. The number of pyridine rings is 1. The van der Waals surface area contributed by atoms with Gasteiger partial charge in [-0.3, -0.25) is 4.79 Å². The smallest absolute Gasteiger partial charge is 0.240 e. The molecule has 5 heteroatoms. The summed E-state index contributed by atoms with van der Waals surface area (Å²) in [6.45, 7) is 0. The lowest BCUT2D eigenvalue weighted by molar-refractivity contribution is -0.118. The number of nitrogens with zero attached hydrogens (tertiary/aromatic N) is 1. The molecule has 0 radical (unpaired) electrons. The van der Waals surface area contributed by atoms with Gasteiger partial charge in [0.15, 0.2) is 0 Å². The van der Waals surface area contributed by atoms with Crippen LogP contribution in [0.5, 0.6) is 5.88 Å². The van der Waals surface area contributed by atoms with E-state index in [9.17, 15) is 4.79 Å². The summed E-state index contributed by atoms with van der Waals surface area (Å²) >= 11 is 0. The van der Waals surface area contributed by atoms with Crippen molar-refractivity contribution < 1.29 is 9.53 Å². The number of methoxy groups -OCH3 is 1. The number of hydrogen-bond donors (Lipinski definition) is 2. The molecular formula is C15H17N3O2. The third kappa shape index (κ3) is 3.71. The first-order chi connectivity index (χ1) is 9.69. The van der Waals surface area contributed by atoms with Gasteiger partial charge in [-0.15, -0.1) is 0 Å². The van der Waals surface area contributed by atoms with Crippen molar-refractivity contribution in [3.05, 3.63) is 54.2 Å². The van der Waals surface area contributed by atoms with E-state index in [4.69, 9.17) is 10.5 Å². The third-order valence-electron chi connectivity index (χ3n) is 2.91. The molecule has 104 valence electrons. The van der Waals surface area contributed by atoms with E-state index in [2.05, 4.69) is 10.3 Å². The molecule has 0 fully saturated rings. The highest BCUT2D eigenvalue weighted by Gasteiger charge is 2.15. The summed E-state index contributed by atoms with van der Waals surface area (Å²) in [5.41, 5.74) is 7.22. The number of amides is 1. The Morgan fingerprint density at radius 1 is 1.30 bits per heavy atom. The van der Waals surface area contributed by atoms with Crippen LogP contribution in [0.25, 0.3) is 0 Å². The van der Waals surface area contributed by atoms with Gasteiger partial charge in [-0.2, -0.15) is 0 Å². The van der Waals surface area contributed by atoms with Gasteiger partial charge in [0.2, 0.25) is 11.8 Å². The number of primary amides is 1. The zero-order chi connectivity index (χ0) is 14.4. The Morgan fingerprint density at radius 2 is 2.05 bits per heavy atom. The van der Waals surface area contributed by atoms with Crippen LogP contribution in [0.3, 0.4) is 0 Å². The van der Waals surface area contributed by atoms with E-state index in [1.54, 1.807) is 25.4 Å². The lowest BCUT2D eigenvalue weighted by atomic mass is 10.1. The van der Waals surface area contributed by atoms with Crippen molar-refractivity contribution in [3.8, 4) is 5.88 Å². The average molecular weight is 271 g/mol. The highest BCUT2D eigenvalue weighted by atomic mass is 16.5. The zero-order valence-electron chi connectivity index (χ0n) is 11.2. The SMILES string of the molecule is COc1ccc(N[C@@H](Cc2ccccc2)C(N)=O)cn1. The molecule has 0 unspecified atom stereocenters. The maximum absolute atomic E-state index is 11.5. The molecule has 0 spiro atoms. The molecule has 1 heterocycles. The standard InChI is InChI=1S/C15H17N3O2/c1-20-14-8-7-12(10-17-14)18-13(15(16)19)9-11-5-3-2-4-6-11/h2-8,10,13,18H,9H2,1H3,(H2,16,19)/t13-/m0/s1. The first-order valence-electron chi connectivity index (χ1n) is 6.29. The van der Waals surface area contributed by atoms with Crippen LogP contribution in [-0.2, 0) is 11.2 Å². The van der Waals surface area contributed by atoms with Gasteiger partial charge in [0.25, 0.3) is 0 Å². The molecule has 3 N–H and O–H groups in total. The lowest BCUT2D eigenvalue weighted by Gasteiger charge is -2.16. The van der Waals surface area contributed by atoms with E-state index in [-0.39, 0.29) is 0 Å². The average Bonchev–Trinajstić information content (AvgIpc) is 2.48. The number of carbonyl (C=O) groups is 1. The van der Waals surface area contributed by atoms with Gasteiger partial charge < -0.3 is 15.8 Å². The minimum absolute atomic E-state index is 0.398. The largest absolute Gasteiger partial charge is 0.481 e. The van der Waals surface area contributed by atoms with Crippen LogP contribution in [-0.4, -0.2) is 24.0 Å². The van der Waals surface area contributed by atoms with Gasteiger partial charge in [0.05, 0.1) is 19.0 Å². The second kappa shape index (κ2) is 6.56. The van der Waals surface area contributed by atoms with E-state index >= 15 is 0 Å². The maximum Gasteiger partial charge on any atom is 0.240 e. The number of nitrogens with one attached hydrogen (secondary N) is 1. The van der Waals surface area contributed by atoms with Crippen LogP contribution in [0.2, 0.25) is 0 Å². The maximum atomic E-state index is 11.5. The Morgan fingerprint density at radius 3 is 2.60 bits per heavy atom. The van der Waals surface area contributed by atoms with Gasteiger partial charge in [-0.1, -0.05) is 30.3 Å². The van der Waals surface area contributed by atoms with Gasteiger partial charge in [-0.05, 0) is 11.6 Å². The van der Waals surface area contributed by atoms with Crippen molar-refractivity contribution in [2.24, 2.45) is 5.73 Å². The minimum atomic E-state index is -0.479. The first kappa shape index (κ1) is 13.9. The molecule has 0 bridgehead atoms. The van der Waals surface area contributed by atoms with E-state index in [1.165, 1.54) is 0 Å². The first-order valence-corrected chi connectivity index (χ1v) is 6.29. The van der Waals surface area contributed by atoms with Gasteiger partial charge in [0.1, 0.15) is 6.04 Å². The fourth-order valence-corrected chi connectivity index (χ4v) is 1.86. The summed E-state index contributed by atoms with van der Waals surface area (Å²) in [6.07, 6.45) is 2.14. The molecule has 5 nitrogen and oxygen atoms in total. The molecule has 0 saturated heterocycles. The molecule has 0 aliphatic heterocycles. The Hall–Kier alpha value is -2.56. The van der Waals surface area contributed by atoms with Crippen LogP contribution in [0.4, 0.5) is 5.69 Å². The summed E-state index contributed by atoms with van der Waals surface area (Å²) in [5.74, 6) is 0.124. The van der Waals surface area contributed by atoms with Crippen molar-refractivity contribution in [1.82, 2.24) is 4.98 Å². The van der Waals surface area contributed by atoms with Crippen molar-refractivity contribution >= 4 is 11.6 Å². The molecule has 0 aliphatic rings. The third-order valence-corrected chi connectivity index (χ3v) is 2.91. The number of benzene rings is 1. The van der Waals surface area contributed by atoms with E-state index in [1.807, 2.05) is 30.3 Å². The predicted octanol–water partition coefficient (Wildman–Crippen LogP) is 1.60. The number of anilines is 1. The molecule has 1 amide bonds. The summed E-state index contributed by atoms with van der Waals surface area (Å²) in [5, 5.41) is 3.09. The number of rotatable bonds is 6. The van der Waals surface area contributed by atoms with E-state index < -0.39 is 11.9 Å². The molecule has 1 atom stereocenters. The Labute approximate surface area is 117 Å². The van der Waals surface area contributed by atoms with Crippen molar-refractivity contribution in [2.75, 3.05) is 12.4 Å². The number of ether oxygens (including phenoxy) is 1. The summed E-state index contributed by atoms with van der Waals surface area (Å²) in [4.78, 5) is 15.6. The molecule has 1 aromatic carbocycles. The lowest BCUT2D eigenvalue weighted by Crippen LogP contribution is -2.37. The monoisotopic (exact) mass is 271 g/mol. The fourth-order valence-electron chi connectivity index (χ4n) is 1.86. The minimum Gasteiger partial charge on any atom is -0.481 e. The molecule has 0 saturated carbocycles. The van der Waals surface area contributed by atoms with Gasteiger partial charge in [-0.25, -0.2) is 4.98 Å². The summed E-state index contributed by atoms with van der Waals surface area (Å²) < 4.78 is 4.99. The molecule has 2 rings (SSSR count). The number of hydrogen-bond acceptors (Lipinski definition) is 4. The van der Waals surface area contributed by atoms with Crippen molar-refractivity contribution in [2.45, 2.75) is 12.5 Å². The number of carbonyl (C=O) groups excluding carboxylic acids is 1. The molecular weight excluding hydrogens is 254 g/mol. The molecule has 0 aliphatic carbocycles. The quantitative estimate of drug-likeness (QED) is 0.836. The molecule has 20 heavy (non-hydrogen) atoms. The van der Waals surface area contributed by atoms with Gasteiger partial charge in [0, 0.05) is 12.5 Å². The summed E-state index contributed by atoms with van der Waals surface area (Å²) in [7, 11) is 1.55. The zero-order valence-corrected chi connectivity index (χ0v) is 11.2. The predicted molar refractivity (Wildman–Crippen MR) is 77.5 cm³/mol. The Balaban J connectivity index is 2.07. The van der Waals surface area contributed by atoms with E-state index in [0.29, 0.717) is 12.3 Å². The van der Waals surface area contributed by atoms with Crippen LogP contribution < -0.4 is 15.8 Å². The highest BCUT2D eigenvalue weighted by Crippen LogP contribution is 2.13. The normalized spacial score (nSPS) is 11.7. The summed E-state index contributed by atoms with van der Waals surface area (Å²) in [6, 6.07) is 12.8. The Kier molecular flexibility index (Phi) is 4.55.